The maximum atomic E-state index is 13.6. The number of hydrogen-bond donors (Lipinski definition) is 1. The number of para-hydroxylation sites is 1. The molecule has 2 aromatic heterocycles. The van der Waals surface area contributed by atoms with E-state index in [-0.39, 0.29) is 28.9 Å². The van der Waals surface area contributed by atoms with Crippen LogP contribution in [0, 0.1) is 13.8 Å². The summed E-state index contributed by atoms with van der Waals surface area (Å²) in [6.07, 6.45) is -3.08. The van der Waals surface area contributed by atoms with E-state index in [1.807, 2.05) is 48.7 Å². The number of nitrogens with zero attached hydrogens (tertiary/aromatic N) is 4. The van der Waals surface area contributed by atoms with Crippen molar-refractivity contribution in [1.82, 2.24) is 14.2 Å². The average molecular weight is 637 g/mol. The summed E-state index contributed by atoms with van der Waals surface area (Å²) in [6, 6.07) is 27.1. The molecule has 0 fully saturated rings. The van der Waals surface area contributed by atoms with E-state index in [1.54, 1.807) is 42.5 Å². The van der Waals surface area contributed by atoms with Crippen molar-refractivity contribution in [3.63, 3.8) is 0 Å². The van der Waals surface area contributed by atoms with Gasteiger partial charge >= 0.3 is 12.1 Å². The number of aromatic nitrogens is 3. The molecule has 4 aromatic carbocycles. The molecule has 0 aliphatic heterocycles. The third-order valence-corrected chi connectivity index (χ3v) is 7.66. The predicted molar refractivity (Wildman–Crippen MR) is 172 cm³/mol. The van der Waals surface area contributed by atoms with E-state index >= 15 is 0 Å². The molecule has 0 aliphatic rings. The van der Waals surface area contributed by atoms with Crippen molar-refractivity contribution in [3.05, 3.63) is 147 Å². The molecule has 2 heterocycles. The molecule has 0 atom stereocenters. The van der Waals surface area contributed by atoms with Gasteiger partial charge in [0.05, 0.1) is 28.2 Å². The fraction of sp³-hybridized carbons (Fsp3) is 0.111. The Hall–Kier alpha value is -5.97. The van der Waals surface area contributed by atoms with Gasteiger partial charge < -0.3 is 14.4 Å². The monoisotopic (exact) mass is 636 g/mol. The summed E-state index contributed by atoms with van der Waals surface area (Å²) in [5.74, 6) is -0.422. The molecular formula is C36H27F3N4O4. The largest absolute Gasteiger partial charge is 0.489 e. The van der Waals surface area contributed by atoms with Crippen molar-refractivity contribution in [2.24, 2.45) is 5.10 Å². The molecule has 0 saturated heterocycles. The number of hydrogen-bond acceptors (Lipinski definition) is 5. The van der Waals surface area contributed by atoms with Gasteiger partial charge in [0.1, 0.15) is 12.4 Å². The van der Waals surface area contributed by atoms with Crippen LogP contribution in [0.4, 0.5) is 13.2 Å². The summed E-state index contributed by atoms with van der Waals surface area (Å²) in [7, 11) is 0. The van der Waals surface area contributed by atoms with Gasteiger partial charge in [-0.25, -0.2) is 9.78 Å². The van der Waals surface area contributed by atoms with Gasteiger partial charge in [0.25, 0.3) is 5.56 Å². The Kier molecular flexibility index (Phi) is 8.21. The van der Waals surface area contributed by atoms with Gasteiger partial charge in [0.15, 0.2) is 5.82 Å². The fourth-order valence-corrected chi connectivity index (χ4v) is 5.34. The van der Waals surface area contributed by atoms with Crippen LogP contribution >= 0.6 is 0 Å². The third-order valence-electron chi connectivity index (χ3n) is 7.66. The zero-order valence-electron chi connectivity index (χ0n) is 25.2. The normalized spacial score (nSPS) is 11.8. The first-order valence-electron chi connectivity index (χ1n) is 14.5. The second kappa shape index (κ2) is 12.4. The van der Waals surface area contributed by atoms with Gasteiger partial charge in [-0.05, 0) is 86.1 Å². The van der Waals surface area contributed by atoms with E-state index in [1.165, 1.54) is 24.4 Å². The highest BCUT2D eigenvalue weighted by atomic mass is 19.4. The number of carbonyl (C=O) groups is 1. The molecule has 6 aromatic rings. The minimum Gasteiger partial charge on any atom is -0.489 e. The number of aryl methyl sites for hydroxylation is 1. The van der Waals surface area contributed by atoms with Crippen LogP contribution in [0.25, 0.3) is 28.0 Å². The van der Waals surface area contributed by atoms with Crippen molar-refractivity contribution in [2.75, 3.05) is 0 Å². The van der Waals surface area contributed by atoms with Gasteiger partial charge in [0.2, 0.25) is 0 Å². The predicted octanol–water partition coefficient (Wildman–Crippen LogP) is 7.65. The zero-order valence-corrected chi connectivity index (χ0v) is 25.2. The molecule has 11 heteroatoms. The van der Waals surface area contributed by atoms with Gasteiger partial charge in [-0.2, -0.15) is 22.9 Å². The highest BCUT2D eigenvalue weighted by Crippen LogP contribution is 2.32. The SMILES string of the molecule is Cc1cc(C=Nn2c(-c3cccc(C(F)(F)F)c3)nc3ccccc3c2=O)c(C)n1-c1ccc(OCc2cccc(C(=O)O)c2)cc1. The minimum absolute atomic E-state index is 0.0184. The standard InChI is InChI=1S/C36H27F3N4O4/c1-22-17-27(23(2)42(22)29-13-15-30(16-14-29)47-21-24-7-5-9-26(18-24)35(45)46)20-40-43-33(25-8-6-10-28(19-25)36(37,38)39)41-32-12-4-3-11-31(32)34(43)44/h3-20H,21H2,1-2H3,(H,45,46). The molecule has 0 amide bonds. The number of alkyl halides is 3. The zero-order chi connectivity index (χ0) is 33.3. The number of carboxylic acids is 1. The Morgan fingerprint density at radius 3 is 2.43 bits per heavy atom. The number of rotatable bonds is 8. The van der Waals surface area contributed by atoms with Crippen LogP contribution in [0.2, 0.25) is 0 Å². The smallest absolute Gasteiger partial charge is 0.416 e. The van der Waals surface area contributed by atoms with Crippen LogP contribution in [0.5, 0.6) is 5.75 Å². The first kappa shape index (κ1) is 31.0. The number of carboxylic acid groups (broad SMARTS) is 1. The molecule has 0 aliphatic carbocycles. The Morgan fingerprint density at radius 2 is 1.68 bits per heavy atom. The van der Waals surface area contributed by atoms with Crippen LogP contribution in [-0.2, 0) is 12.8 Å². The average Bonchev–Trinajstić information content (AvgIpc) is 3.35. The minimum atomic E-state index is -4.57. The summed E-state index contributed by atoms with van der Waals surface area (Å²) in [5, 5.41) is 13.9. The van der Waals surface area contributed by atoms with Crippen molar-refractivity contribution in [2.45, 2.75) is 26.6 Å². The Labute approximate surface area is 266 Å². The van der Waals surface area contributed by atoms with Gasteiger partial charge in [-0.3, -0.25) is 4.79 Å². The molecule has 1 N–H and O–H groups in total. The van der Waals surface area contributed by atoms with Crippen LogP contribution in [0.15, 0.2) is 113 Å². The van der Waals surface area contributed by atoms with E-state index in [0.717, 1.165) is 39.4 Å². The molecule has 0 spiro atoms. The third kappa shape index (κ3) is 6.41. The van der Waals surface area contributed by atoms with E-state index in [0.29, 0.717) is 16.8 Å². The second-order valence-electron chi connectivity index (χ2n) is 10.8. The lowest BCUT2D eigenvalue weighted by Crippen LogP contribution is -2.20. The number of aromatic carboxylic acids is 1. The Morgan fingerprint density at radius 1 is 0.936 bits per heavy atom. The van der Waals surface area contributed by atoms with Crippen LogP contribution in [0.3, 0.4) is 0 Å². The molecule has 0 radical (unpaired) electrons. The van der Waals surface area contributed by atoms with E-state index in [4.69, 9.17) is 4.74 Å². The van der Waals surface area contributed by atoms with E-state index in [2.05, 4.69) is 10.1 Å². The van der Waals surface area contributed by atoms with Gasteiger partial charge in [0, 0.05) is 28.2 Å². The topological polar surface area (TPSA) is 98.7 Å². The number of ether oxygens (including phenoxy) is 1. The quantitative estimate of drug-likeness (QED) is 0.173. The summed E-state index contributed by atoms with van der Waals surface area (Å²) >= 11 is 0. The van der Waals surface area contributed by atoms with Crippen molar-refractivity contribution in [3.8, 4) is 22.8 Å². The lowest BCUT2D eigenvalue weighted by molar-refractivity contribution is -0.137. The van der Waals surface area contributed by atoms with Crippen LogP contribution < -0.4 is 10.3 Å². The number of halogens is 3. The van der Waals surface area contributed by atoms with E-state index in [9.17, 15) is 27.9 Å². The maximum Gasteiger partial charge on any atom is 0.416 e. The van der Waals surface area contributed by atoms with Crippen LogP contribution in [0.1, 0.15) is 38.4 Å². The van der Waals surface area contributed by atoms with Crippen molar-refractivity contribution < 1.29 is 27.8 Å². The molecule has 0 bridgehead atoms. The molecule has 8 nitrogen and oxygen atoms in total. The van der Waals surface area contributed by atoms with Crippen molar-refractivity contribution >= 4 is 23.1 Å². The lowest BCUT2D eigenvalue weighted by atomic mass is 10.1. The first-order valence-corrected chi connectivity index (χ1v) is 14.5. The summed E-state index contributed by atoms with van der Waals surface area (Å²) < 4.78 is 49.5. The molecule has 0 unspecified atom stereocenters. The molecular weight excluding hydrogens is 609 g/mol. The second-order valence-corrected chi connectivity index (χ2v) is 10.8. The maximum absolute atomic E-state index is 13.6. The highest BCUT2D eigenvalue weighted by molar-refractivity contribution is 5.87. The number of benzene rings is 4. The van der Waals surface area contributed by atoms with Gasteiger partial charge in [-0.1, -0.05) is 36.4 Å². The highest BCUT2D eigenvalue weighted by Gasteiger charge is 2.31. The fourth-order valence-electron chi connectivity index (χ4n) is 5.34. The summed E-state index contributed by atoms with van der Waals surface area (Å²) in [4.78, 5) is 29.3. The van der Waals surface area contributed by atoms with Gasteiger partial charge in [-0.15, -0.1) is 0 Å². The van der Waals surface area contributed by atoms with Crippen molar-refractivity contribution in [1.29, 1.82) is 0 Å². The Balaban J connectivity index is 1.31. The summed E-state index contributed by atoms with van der Waals surface area (Å²) in [5.41, 5.74) is 3.21. The lowest BCUT2D eigenvalue weighted by Gasteiger charge is -2.12. The number of fused-ring (bicyclic) bond motifs is 1. The molecule has 6 rings (SSSR count). The first-order chi connectivity index (χ1) is 22.5. The molecule has 47 heavy (non-hydrogen) atoms. The summed E-state index contributed by atoms with van der Waals surface area (Å²) in [6.45, 7) is 4.01. The van der Waals surface area contributed by atoms with E-state index < -0.39 is 23.3 Å². The molecule has 236 valence electrons. The molecule has 0 saturated carbocycles. The Bertz CT molecular complexity index is 2220. The van der Waals surface area contributed by atoms with Crippen LogP contribution in [-0.4, -0.2) is 31.5 Å².